The van der Waals surface area contributed by atoms with E-state index < -0.39 is 12.1 Å². The molecule has 1 aliphatic rings. The van der Waals surface area contributed by atoms with Crippen molar-refractivity contribution in [3.63, 3.8) is 0 Å². The van der Waals surface area contributed by atoms with Crippen molar-refractivity contribution in [3.8, 4) is 5.75 Å². The lowest BCUT2D eigenvalue weighted by atomic mass is 9.96. The predicted molar refractivity (Wildman–Crippen MR) is 75.1 cm³/mol. The highest BCUT2D eigenvalue weighted by Crippen LogP contribution is 2.33. The molecule has 118 valence electrons. The first-order valence-corrected chi connectivity index (χ1v) is 7.08. The fourth-order valence-corrected chi connectivity index (χ4v) is 2.74. The smallest absolute Gasteiger partial charge is 0.393 e. The van der Waals surface area contributed by atoms with Crippen molar-refractivity contribution < 1.29 is 17.9 Å². The van der Waals surface area contributed by atoms with Gasteiger partial charge in [0, 0.05) is 19.1 Å². The van der Waals surface area contributed by atoms with E-state index in [-0.39, 0.29) is 19.0 Å². The van der Waals surface area contributed by atoms with E-state index >= 15 is 0 Å². The Morgan fingerprint density at radius 2 is 2.19 bits per heavy atom. The lowest BCUT2D eigenvalue weighted by molar-refractivity contribution is -0.186. The number of piperidine rings is 1. The van der Waals surface area contributed by atoms with E-state index in [1.165, 1.54) is 0 Å². The predicted octanol–water partition coefficient (Wildman–Crippen LogP) is 2.97. The van der Waals surface area contributed by atoms with Gasteiger partial charge in [-0.15, -0.1) is 0 Å². The zero-order valence-electron chi connectivity index (χ0n) is 12.1. The zero-order chi connectivity index (χ0) is 15.5. The average Bonchev–Trinajstić information content (AvgIpc) is 2.46. The Kier molecular flexibility index (Phi) is 5.11. The van der Waals surface area contributed by atoms with Crippen LogP contribution in [0.2, 0.25) is 0 Å². The van der Waals surface area contributed by atoms with Crippen LogP contribution in [0.5, 0.6) is 5.75 Å². The summed E-state index contributed by atoms with van der Waals surface area (Å²) in [7, 11) is 1.57. The van der Waals surface area contributed by atoms with Crippen LogP contribution in [0, 0.1) is 5.92 Å². The molecule has 0 aromatic heterocycles. The summed E-state index contributed by atoms with van der Waals surface area (Å²) in [6.45, 7) is 1.14. The molecule has 1 aromatic rings. The topological polar surface area (TPSA) is 38.5 Å². The van der Waals surface area contributed by atoms with Crippen molar-refractivity contribution in [2.24, 2.45) is 11.7 Å². The van der Waals surface area contributed by atoms with Crippen LogP contribution in [0.25, 0.3) is 0 Å². The van der Waals surface area contributed by atoms with Gasteiger partial charge in [-0.05, 0) is 37.1 Å². The molecule has 6 heteroatoms. The van der Waals surface area contributed by atoms with Crippen LogP contribution in [-0.4, -0.2) is 37.8 Å². The van der Waals surface area contributed by atoms with Gasteiger partial charge in [0.25, 0.3) is 0 Å². The summed E-state index contributed by atoms with van der Waals surface area (Å²) in [5.74, 6) is -0.529. The molecule has 0 radical (unpaired) electrons. The Labute approximate surface area is 122 Å². The largest absolute Gasteiger partial charge is 0.497 e. The molecule has 0 amide bonds. The van der Waals surface area contributed by atoms with Crippen LogP contribution in [0.15, 0.2) is 24.3 Å². The first-order valence-electron chi connectivity index (χ1n) is 7.08. The highest BCUT2D eigenvalue weighted by Gasteiger charge is 2.41. The molecule has 1 saturated heterocycles. The van der Waals surface area contributed by atoms with Crippen molar-refractivity contribution in [2.45, 2.75) is 25.1 Å². The van der Waals surface area contributed by atoms with Gasteiger partial charge in [-0.25, -0.2) is 0 Å². The second kappa shape index (κ2) is 6.66. The van der Waals surface area contributed by atoms with Crippen LogP contribution in [0.4, 0.5) is 13.2 Å². The summed E-state index contributed by atoms with van der Waals surface area (Å²) in [5, 5.41) is 0. The Bertz CT molecular complexity index is 464. The molecule has 0 saturated carbocycles. The Hall–Kier alpha value is -1.27. The molecular formula is C15H21F3N2O. The van der Waals surface area contributed by atoms with Gasteiger partial charge >= 0.3 is 6.18 Å². The van der Waals surface area contributed by atoms with Crippen LogP contribution in [0.1, 0.15) is 24.4 Å². The molecule has 0 spiro atoms. The quantitative estimate of drug-likeness (QED) is 0.929. The van der Waals surface area contributed by atoms with E-state index in [4.69, 9.17) is 10.5 Å². The Morgan fingerprint density at radius 3 is 2.86 bits per heavy atom. The van der Waals surface area contributed by atoms with Gasteiger partial charge in [0.1, 0.15) is 5.75 Å². The molecule has 2 N–H and O–H groups in total. The number of rotatable bonds is 4. The number of hydrogen-bond acceptors (Lipinski definition) is 3. The van der Waals surface area contributed by atoms with E-state index in [0.29, 0.717) is 25.3 Å². The molecule has 2 unspecified atom stereocenters. The molecule has 1 fully saturated rings. The summed E-state index contributed by atoms with van der Waals surface area (Å²) < 4.78 is 43.5. The number of hydrogen-bond donors (Lipinski definition) is 1. The van der Waals surface area contributed by atoms with Crippen molar-refractivity contribution in [2.75, 3.05) is 26.7 Å². The fraction of sp³-hybridized carbons (Fsp3) is 0.600. The minimum Gasteiger partial charge on any atom is -0.497 e. The molecule has 0 bridgehead atoms. The van der Waals surface area contributed by atoms with Crippen LogP contribution < -0.4 is 10.5 Å². The minimum absolute atomic E-state index is 0.0428. The first-order chi connectivity index (χ1) is 9.90. The van der Waals surface area contributed by atoms with E-state index in [9.17, 15) is 13.2 Å². The third kappa shape index (κ3) is 4.35. The summed E-state index contributed by atoms with van der Waals surface area (Å²) in [6.07, 6.45) is -3.33. The van der Waals surface area contributed by atoms with Crippen molar-refractivity contribution in [1.82, 2.24) is 4.90 Å². The third-order valence-electron chi connectivity index (χ3n) is 3.95. The monoisotopic (exact) mass is 302 g/mol. The van der Waals surface area contributed by atoms with Crippen LogP contribution in [-0.2, 0) is 0 Å². The highest BCUT2D eigenvalue weighted by molar-refractivity contribution is 5.30. The number of benzene rings is 1. The van der Waals surface area contributed by atoms with Crippen molar-refractivity contribution >= 4 is 0 Å². The average molecular weight is 302 g/mol. The number of likely N-dealkylation sites (tertiary alicyclic amines) is 1. The number of ether oxygens (including phenoxy) is 1. The molecule has 21 heavy (non-hydrogen) atoms. The lowest BCUT2D eigenvalue weighted by Gasteiger charge is -2.35. The molecule has 1 aromatic carbocycles. The maximum atomic E-state index is 12.8. The zero-order valence-corrected chi connectivity index (χ0v) is 12.1. The van der Waals surface area contributed by atoms with Gasteiger partial charge in [0.2, 0.25) is 0 Å². The van der Waals surface area contributed by atoms with Crippen molar-refractivity contribution in [1.29, 1.82) is 0 Å². The van der Waals surface area contributed by atoms with Crippen LogP contribution in [0.3, 0.4) is 0 Å². The lowest BCUT2D eigenvalue weighted by Crippen LogP contribution is -2.44. The second-order valence-corrected chi connectivity index (χ2v) is 5.52. The van der Waals surface area contributed by atoms with Gasteiger partial charge in [-0.1, -0.05) is 12.1 Å². The number of halogens is 3. The van der Waals surface area contributed by atoms with Gasteiger partial charge < -0.3 is 15.4 Å². The molecule has 1 aliphatic heterocycles. The van der Waals surface area contributed by atoms with E-state index in [1.807, 2.05) is 29.2 Å². The van der Waals surface area contributed by atoms with Crippen molar-refractivity contribution in [3.05, 3.63) is 29.8 Å². The number of methoxy groups -OCH3 is 1. The number of nitrogens with two attached hydrogens (primary N) is 1. The summed E-state index contributed by atoms with van der Waals surface area (Å²) in [6, 6.07) is 7.04. The first kappa shape index (κ1) is 16.1. The van der Waals surface area contributed by atoms with Crippen LogP contribution >= 0.6 is 0 Å². The van der Waals surface area contributed by atoms with E-state index in [0.717, 1.165) is 5.56 Å². The standard InChI is InChI=1S/C15H21F3N2O/c1-21-13-6-2-4-11(8-13)14(19)10-20-7-3-5-12(9-20)15(16,17)18/h2,4,6,8,12,14H,3,5,7,9-10,19H2,1H3. The normalized spacial score (nSPS) is 22.0. The van der Waals surface area contributed by atoms with Gasteiger partial charge in [-0.2, -0.15) is 13.2 Å². The maximum Gasteiger partial charge on any atom is 0.393 e. The summed E-state index contributed by atoms with van der Waals surface area (Å²) >= 11 is 0. The summed E-state index contributed by atoms with van der Waals surface area (Å²) in [5.41, 5.74) is 7.00. The molecule has 3 nitrogen and oxygen atoms in total. The number of nitrogens with zero attached hydrogens (tertiary/aromatic N) is 1. The molecular weight excluding hydrogens is 281 g/mol. The highest BCUT2D eigenvalue weighted by atomic mass is 19.4. The van der Waals surface area contributed by atoms with E-state index in [2.05, 4.69) is 0 Å². The fourth-order valence-electron chi connectivity index (χ4n) is 2.74. The van der Waals surface area contributed by atoms with Gasteiger partial charge in [-0.3, -0.25) is 0 Å². The second-order valence-electron chi connectivity index (χ2n) is 5.52. The SMILES string of the molecule is COc1cccc(C(N)CN2CCCC(C(F)(F)F)C2)c1. The van der Waals surface area contributed by atoms with Gasteiger partial charge in [0.05, 0.1) is 13.0 Å². The molecule has 0 aliphatic carbocycles. The number of alkyl halides is 3. The Morgan fingerprint density at radius 1 is 1.43 bits per heavy atom. The van der Waals surface area contributed by atoms with E-state index in [1.54, 1.807) is 7.11 Å². The van der Waals surface area contributed by atoms with Gasteiger partial charge in [0.15, 0.2) is 0 Å². The Balaban J connectivity index is 1.97. The maximum absolute atomic E-state index is 12.8. The third-order valence-corrected chi connectivity index (χ3v) is 3.95. The minimum atomic E-state index is -4.11. The molecule has 2 rings (SSSR count). The summed E-state index contributed by atoms with van der Waals surface area (Å²) in [4.78, 5) is 1.81. The molecule has 1 heterocycles. The molecule has 2 atom stereocenters.